The highest BCUT2D eigenvalue weighted by atomic mass is 16.5. The van der Waals surface area contributed by atoms with Gasteiger partial charge in [-0.15, -0.1) is 0 Å². The molecular weight excluding hydrogens is 446 g/mol. The van der Waals surface area contributed by atoms with Crippen molar-refractivity contribution in [3.63, 3.8) is 0 Å². The van der Waals surface area contributed by atoms with E-state index in [1.165, 1.54) is 37.7 Å². The van der Waals surface area contributed by atoms with Gasteiger partial charge in [-0.3, -0.25) is 9.69 Å². The standard InChI is InChI=1S/C31H41N3O2/c1-2-3-18-33-21-22-36-29-10-5-4-8-25(29)9-6-7-14-31(24-33)15-19-34(20-16-31)30(35)27-11-12-28-26(23-27)13-17-32-28/h4-5,8,10-13,17,23,32H,2-3,6-7,9,14-16,18-22,24H2,1H3. The number of amides is 1. The molecule has 0 atom stereocenters. The summed E-state index contributed by atoms with van der Waals surface area (Å²) in [6.45, 7) is 7.93. The largest absolute Gasteiger partial charge is 0.492 e. The summed E-state index contributed by atoms with van der Waals surface area (Å²) >= 11 is 0. The van der Waals surface area contributed by atoms with E-state index in [2.05, 4.69) is 46.0 Å². The molecule has 0 bridgehead atoms. The molecule has 0 saturated carbocycles. The Balaban J connectivity index is 1.28. The molecule has 1 saturated heterocycles. The van der Waals surface area contributed by atoms with E-state index in [1.807, 2.05) is 30.5 Å². The smallest absolute Gasteiger partial charge is 0.253 e. The Morgan fingerprint density at radius 3 is 2.75 bits per heavy atom. The summed E-state index contributed by atoms with van der Waals surface area (Å²) in [7, 11) is 0. The van der Waals surface area contributed by atoms with E-state index in [4.69, 9.17) is 4.74 Å². The highest BCUT2D eigenvalue weighted by molar-refractivity contribution is 5.98. The third kappa shape index (κ3) is 5.78. The molecule has 1 spiro atoms. The highest BCUT2D eigenvalue weighted by Gasteiger charge is 2.37. The second-order valence-electron chi connectivity index (χ2n) is 10.9. The molecule has 5 heteroatoms. The van der Waals surface area contributed by atoms with Crippen molar-refractivity contribution < 1.29 is 9.53 Å². The van der Waals surface area contributed by atoms with Crippen LogP contribution in [0.1, 0.15) is 67.8 Å². The predicted octanol–water partition coefficient (Wildman–Crippen LogP) is 6.30. The molecule has 1 fully saturated rings. The van der Waals surface area contributed by atoms with Crippen LogP contribution in [0, 0.1) is 5.41 Å². The molecule has 1 N–H and O–H groups in total. The molecule has 5 nitrogen and oxygen atoms in total. The van der Waals surface area contributed by atoms with E-state index in [-0.39, 0.29) is 11.3 Å². The van der Waals surface area contributed by atoms with Gasteiger partial charge < -0.3 is 14.6 Å². The number of aromatic nitrogens is 1. The van der Waals surface area contributed by atoms with Crippen LogP contribution in [0.5, 0.6) is 5.75 Å². The first-order chi connectivity index (χ1) is 17.7. The van der Waals surface area contributed by atoms with Crippen molar-refractivity contribution >= 4 is 16.8 Å². The lowest BCUT2D eigenvalue weighted by atomic mass is 9.73. The normalized spacial score (nSPS) is 19.3. The molecule has 2 aliphatic heterocycles. The Morgan fingerprint density at radius 2 is 1.89 bits per heavy atom. The van der Waals surface area contributed by atoms with Gasteiger partial charge in [0, 0.05) is 48.8 Å². The van der Waals surface area contributed by atoms with Gasteiger partial charge in [0.25, 0.3) is 5.91 Å². The molecule has 1 amide bonds. The van der Waals surface area contributed by atoms with Gasteiger partial charge >= 0.3 is 0 Å². The number of fused-ring (bicyclic) bond motifs is 2. The molecular formula is C31H41N3O2. The van der Waals surface area contributed by atoms with Crippen molar-refractivity contribution in [3.05, 3.63) is 65.9 Å². The molecule has 2 aromatic carbocycles. The lowest BCUT2D eigenvalue weighted by Crippen LogP contribution is -2.48. The van der Waals surface area contributed by atoms with Gasteiger partial charge in [-0.05, 0) is 86.4 Å². The predicted molar refractivity (Wildman–Crippen MR) is 147 cm³/mol. The number of para-hydroxylation sites is 1. The molecule has 3 heterocycles. The molecule has 0 aliphatic carbocycles. The zero-order valence-electron chi connectivity index (χ0n) is 21.8. The van der Waals surface area contributed by atoms with Crippen LogP contribution in [0.25, 0.3) is 10.9 Å². The van der Waals surface area contributed by atoms with Crippen molar-refractivity contribution in [2.45, 2.75) is 58.3 Å². The number of ether oxygens (including phenoxy) is 1. The van der Waals surface area contributed by atoms with E-state index in [0.717, 1.165) is 80.8 Å². The Bertz CT molecular complexity index is 1150. The number of hydrogen-bond acceptors (Lipinski definition) is 3. The molecule has 36 heavy (non-hydrogen) atoms. The van der Waals surface area contributed by atoms with Crippen LogP contribution in [0.4, 0.5) is 0 Å². The number of aryl methyl sites for hydroxylation is 1. The van der Waals surface area contributed by atoms with Gasteiger partial charge in [0.15, 0.2) is 0 Å². The minimum absolute atomic E-state index is 0.175. The Morgan fingerprint density at radius 1 is 1.03 bits per heavy atom. The monoisotopic (exact) mass is 487 g/mol. The fourth-order valence-electron chi connectivity index (χ4n) is 6.12. The van der Waals surface area contributed by atoms with Crippen LogP contribution in [-0.4, -0.2) is 60.0 Å². The first kappa shape index (κ1) is 24.9. The van der Waals surface area contributed by atoms with Crippen LogP contribution < -0.4 is 4.74 Å². The molecule has 2 aliphatic rings. The summed E-state index contributed by atoms with van der Waals surface area (Å²) in [6, 6.07) is 16.6. The lowest BCUT2D eigenvalue weighted by molar-refractivity contribution is 0.0375. The van der Waals surface area contributed by atoms with Crippen LogP contribution in [0.3, 0.4) is 0 Å². The van der Waals surface area contributed by atoms with Gasteiger partial charge in [-0.1, -0.05) is 38.0 Å². The van der Waals surface area contributed by atoms with Gasteiger partial charge in [0.05, 0.1) is 0 Å². The Labute approximate surface area is 215 Å². The second kappa shape index (κ2) is 11.5. The zero-order valence-corrected chi connectivity index (χ0v) is 21.8. The van der Waals surface area contributed by atoms with Crippen LogP contribution in [0.2, 0.25) is 0 Å². The maximum Gasteiger partial charge on any atom is 0.253 e. The minimum Gasteiger partial charge on any atom is -0.492 e. The van der Waals surface area contributed by atoms with E-state index in [0.29, 0.717) is 0 Å². The van der Waals surface area contributed by atoms with E-state index in [1.54, 1.807) is 0 Å². The minimum atomic E-state index is 0.175. The number of likely N-dealkylation sites (tertiary alicyclic amines) is 1. The molecule has 5 rings (SSSR count). The Hall–Kier alpha value is -2.79. The number of hydrogen-bond donors (Lipinski definition) is 1. The number of nitrogens with one attached hydrogen (secondary N) is 1. The van der Waals surface area contributed by atoms with Crippen molar-refractivity contribution in [1.82, 2.24) is 14.8 Å². The number of unbranched alkanes of at least 4 members (excludes halogenated alkanes) is 1. The fraction of sp³-hybridized carbons (Fsp3) is 0.516. The summed E-state index contributed by atoms with van der Waals surface area (Å²) in [6.07, 6.45) is 11.3. The van der Waals surface area contributed by atoms with Crippen LogP contribution >= 0.6 is 0 Å². The van der Waals surface area contributed by atoms with Crippen molar-refractivity contribution in [2.75, 3.05) is 39.3 Å². The summed E-state index contributed by atoms with van der Waals surface area (Å²) in [5.74, 6) is 1.24. The molecule has 3 aromatic rings. The summed E-state index contributed by atoms with van der Waals surface area (Å²) in [5, 5.41) is 1.10. The van der Waals surface area contributed by atoms with Gasteiger partial charge in [0.1, 0.15) is 12.4 Å². The number of aromatic amines is 1. The van der Waals surface area contributed by atoms with Gasteiger partial charge in [0.2, 0.25) is 0 Å². The quantitative estimate of drug-likeness (QED) is 0.470. The molecule has 192 valence electrons. The van der Waals surface area contributed by atoms with Crippen LogP contribution in [0.15, 0.2) is 54.7 Å². The third-order valence-electron chi connectivity index (χ3n) is 8.34. The zero-order chi connectivity index (χ0) is 24.8. The summed E-state index contributed by atoms with van der Waals surface area (Å²) in [4.78, 5) is 21.3. The van der Waals surface area contributed by atoms with Gasteiger partial charge in [-0.2, -0.15) is 0 Å². The number of benzene rings is 2. The van der Waals surface area contributed by atoms with E-state index < -0.39 is 0 Å². The fourth-order valence-corrected chi connectivity index (χ4v) is 6.12. The first-order valence-corrected chi connectivity index (χ1v) is 14.0. The second-order valence-corrected chi connectivity index (χ2v) is 10.9. The molecule has 1 aromatic heterocycles. The Kier molecular flexibility index (Phi) is 7.96. The molecule has 0 unspecified atom stereocenters. The average molecular weight is 488 g/mol. The lowest BCUT2D eigenvalue weighted by Gasteiger charge is -2.45. The number of carbonyl (C=O) groups excluding carboxylic acids is 1. The van der Waals surface area contributed by atoms with Gasteiger partial charge in [-0.25, -0.2) is 0 Å². The SMILES string of the molecule is CCCCN1CCOc2ccccc2CCCCC2(CCN(C(=O)c3ccc4[nH]ccc4c3)CC2)C1. The van der Waals surface area contributed by atoms with Crippen LogP contribution in [-0.2, 0) is 6.42 Å². The molecule has 0 radical (unpaired) electrons. The number of rotatable bonds is 4. The number of piperidine rings is 1. The number of nitrogens with zero attached hydrogens (tertiary/aromatic N) is 2. The maximum atomic E-state index is 13.4. The van der Waals surface area contributed by atoms with Crippen molar-refractivity contribution in [1.29, 1.82) is 0 Å². The van der Waals surface area contributed by atoms with E-state index >= 15 is 0 Å². The van der Waals surface area contributed by atoms with Crippen molar-refractivity contribution in [2.24, 2.45) is 5.41 Å². The topological polar surface area (TPSA) is 48.6 Å². The number of H-pyrrole nitrogens is 1. The maximum absolute atomic E-state index is 13.4. The summed E-state index contributed by atoms with van der Waals surface area (Å²) in [5.41, 5.74) is 3.51. The summed E-state index contributed by atoms with van der Waals surface area (Å²) < 4.78 is 6.27. The third-order valence-corrected chi connectivity index (χ3v) is 8.34. The average Bonchev–Trinajstić information content (AvgIpc) is 3.38. The van der Waals surface area contributed by atoms with Crippen molar-refractivity contribution in [3.8, 4) is 5.75 Å². The number of carbonyl (C=O) groups is 1. The van der Waals surface area contributed by atoms with E-state index in [9.17, 15) is 4.79 Å². The first-order valence-electron chi connectivity index (χ1n) is 14.0. The highest BCUT2D eigenvalue weighted by Crippen LogP contribution is 2.39.